The fraction of sp³-hybridized carbons (Fsp3) is 0.500. The molecule has 2 aliphatic carbocycles. The number of hydrogen-bond donors (Lipinski definition) is 2. The molecule has 6 heteroatoms. The second kappa shape index (κ2) is 6.37. The summed E-state index contributed by atoms with van der Waals surface area (Å²) in [6.45, 7) is 7.43. The molecule has 0 saturated heterocycles. The van der Waals surface area contributed by atoms with Crippen molar-refractivity contribution < 1.29 is 24.3 Å². The minimum Gasteiger partial charge on any atom is -0.512 e. The first-order chi connectivity index (χ1) is 13.9. The predicted octanol–water partition coefficient (Wildman–Crippen LogP) is 3.65. The number of rotatable bonds is 2. The van der Waals surface area contributed by atoms with Crippen molar-refractivity contribution in [2.75, 3.05) is 5.32 Å². The zero-order chi connectivity index (χ0) is 22.1. The maximum atomic E-state index is 13.5. The number of amides is 1. The summed E-state index contributed by atoms with van der Waals surface area (Å²) >= 11 is 0. The summed E-state index contributed by atoms with van der Waals surface area (Å²) in [6, 6.07) is 6.81. The monoisotopic (exact) mass is 409 g/mol. The number of aliphatic hydroxyl groups excluding tert-OH is 1. The molecule has 1 atom stereocenters. The smallest absolute Gasteiger partial charge is 0.241 e. The summed E-state index contributed by atoms with van der Waals surface area (Å²) in [5, 5.41) is 13.8. The van der Waals surface area contributed by atoms with Crippen LogP contribution in [0.1, 0.15) is 58.9 Å². The van der Waals surface area contributed by atoms with Crippen molar-refractivity contribution >= 4 is 28.9 Å². The fourth-order valence-corrected chi connectivity index (χ4v) is 5.57. The molecule has 0 radical (unpaired) electrons. The van der Waals surface area contributed by atoms with E-state index in [4.69, 9.17) is 0 Å². The van der Waals surface area contributed by atoms with Gasteiger partial charge in [0.2, 0.25) is 5.91 Å². The molecule has 1 aromatic carbocycles. The molecule has 0 bridgehead atoms. The van der Waals surface area contributed by atoms with Crippen LogP contribution in [0.3, 0.4) is 0 Å². The first-order valence-electron chi connectivity index (χ1n) is 10.3. The van der Waals surface area contributed by atoms with Gasteiger partial charge in [0.1, 0.15) is 22.7 Å². The van der Waals surface area contributed by atoms with Gasteiger partial charge in [-0.2, -0.15) is 0 Å². The van der Waals surface area contributed by atoms with Crippen LogP contribution in [0.15, 0.2) is 35.6 Å². The van der Waals surface area contributed by atoms with Gasteiger partial charge < -0.3 is 10.4 Å². The topological polar surface area (TPSA) is 101 Å². The standard InChI is InChI=1S/C24H27NO5/c1-22(2)9-15(26)19(16(27)10-22)24(13-7-5-6-8-14(13)25-21(24)30)20-17(28)11-23(3,4)12-18(20)29/h5-8,19,28H,9-12H2,1-4H3,(H,25,30). The Morgan fingerprint density at radius 1 is 0.867 bits per heavy atom. The third-order valence-corrected chi connectivity index (χ3v) is 6.59. The SMILES string of the molecule is CC1(C)CC(=O)C(C2(C3=C(O)CC(C)(C)CC3=O)C(=O)Nc3ccccc32)C(=O)C1. The molecule has 2 N–H and O–H groups in total. The van der Waals surface area contributed by atoms with E-state index in [-0.39, 0.29) is 54.4 Å². The average Bonchev–Trinajstić information content (AvgIpc) is 2.84. The van der Waals surface area contributed by atoms with Crippen LogP contribution < -0.4 is 5.32 Å². The molecule has 6 nitrogen and oxygen atoms in total. The van der Waals surface area contributed by atoms with Crippen molar-refractivity contribution in [3.8, 4) is 0 Å². The maximum absolute atomic E-state index is 13.5. The number of hydrogen-bond acceptors (Lipinski definition) is 5. The molecular formula is C24H27NO5. The van der Waals surface area contributed by atoms with Gasteiger partial charge in [-0.15, -0.1) is 0 Å². The number of aliphatic hydroxyl groups is 1. The summed E-state index contributed by atoms with van der Waals surface area (Å²) in [5.74, 6) is -3.22. The van der Waals surface area contributed by atoms with Gasteiger partial charge in [0.15, 0.2) is 5.78 Å². The number of ketones is 3. The third-order valence-electron chi connectivity index (χ3n) is 6.59. The molecule has 1 saturated carbocycles. The van der Waals surface area contributed by atoms with Gasteiger partial charge >= 0.3 is 0 Å². The van der Waals surface area contributed by atoms with E-state index in [0.29, 0.717) is 11.3 Å². The lowest BCUT2D eigenvalue weighted by molar-refractivity contribution is -0.146. The maximum Gasteiger partial charge on any atom is 0.241 e. The second-order valence-electron chi connectivity index (χ2n) is 10.5. The molecule has 0 spiro atoms. The highest BCUT2D eigenvalue weighted by Crippen LogP contribution is 2.55. The summed E-state index contributed by atoms with van der Waals surface area (Å²) < 4.78 is 0. The Labute approximate surface area is 175 Å². The zero-order valence-electron chi connectivity index (χ0n) is 17.8. The van der Waals surface area contributed by atoms with E-state index in [1.807, 2.05) is 27.7 Å². The lowest BCUT2D eigenvalue weighted by Gasteiger charge is -2.43. The lowest BCUT2D eigenvalue weighted by atomic mass is 9.55. The number of anilines is 1. The highest BCUT2D eigenvalue weighted by molar-refractivity contribution is 6.23. The van der Waals surface area contributed by atoms with Gasteiger partial charge in [-0.3, -0.25) is 19.2 Å². The third kappa shape index (κ3) is 2.84. The molecule has 158 valence electrons. The quantitative estimate of drug-likeness (QED) is 0.726. The molecular weight excluding hydrogens is 382 g/mol. The number of benzene rings is 1. The van der Waals surface area contributed by atoms with E-state index in [0.717, 1.165) is 0 Å². The molecule has 1 amide bonds. The van der Waals surface area contributed by atoms with E-state index in [1.54, 1.807) is 24.3 Å². The van der Waals surface area contributed by atoms with Crippen LogP contribution in [0.25, 0.3) is 0 Å². The molecule has 1 heterocycles. The first-order valence-corrected chi connectivity index (χ1v) is 10.3. The fourth-order valence-electron chi connectivity index (χ4n) is 5.57. The van der Waals surface area contributed by atoms with Gasteiger partial charge in [-0.25, -0.2) is 0 Å². The van der Waals surface area contributed by atoms with Crippen LogP contribution in [0, 0.1) is 16.7 Å². The highest BCUT2D eigenvalue weighted by atomic mass is 16.3. The van der Waals surface area contributed by atoms with Gasteiger partial charge in [0, 0.05) is 31.4 Å². The van der Waals surface area contributed by atoms with E-state index >= 15 is 0 Å². The number of carbonyl (C=O) groups is 4. The molecule has 1 aliphatic heterocycles. The van der Waals surface area contributed by atoms with Crippen LogP contribution in [0.5, 0.6) is 0 Å². The van der Waals surface area contributed by atoms with Crippen molar-refractivity contribution in [1.29, 1.82) is 0 Å². The minimum atomic E-state index is -1.82. The Bertz CT molecular complexity index is 1010. The molecule has 1 aromatic rings. The van der Waals surface area contributed by atoms with Crippen LogP contribution >= 0.6 is 0 Å². The van der Waals surface area contributed by atoms with Crippen LogP contribution in [0.4, 0.5) is 5.69 Å². The number of allylic oxidation sites excluding steroid dienone is 1. The molecule has 30 heavy (non-hydrogen) atoms. The number of para-hydroxylation sites is 1. The number of carbonyl (C=O) groups excluding carboxylic acids is 4. The highest BCUT2D eigenvalue weighted by Gasteiger charge is 2.64. The Morgan fingerprint density at radius 3 is 2.03 bits per heavy atom. The normalized spacial score (nSPS) is 28.5. The molecule has 4 rings (SSSR count). The largest absolute Gasteiger partial charge is 0.512 e. The summed E-state index contributed by atoms with van der Waals surface area (Å²) in [4.78, 5) is 53.5. The van der Waals surface area contributed by atoms with Crippen molar-refractivity contribution in [2.24, 2.45) is 16.7 Å². The van der Waals surface area contributed by atoms with E-state index in [9.17, 15) is 24.3 Å². The minimum absolute atomic E-state index is 0.0873. The van der Waals surface area contributed by atoms with Crippen molar-refractivity contribution in [2.45, 2.75) is 58.8 Å². The zero-order valence-corrected chi connectivity index (χ0v) is 17.8. The Balaban J connectivity index is 2.02. The number of nitrogens with one attached hydrogen (secondary N) is 1. The van der Waals surface area contributed by atoms with Crippen LogP contribution in [0.2, 0.25) is 0 Å². The van der Waals surface area contributed by atoms with Gasteiger partial charge in [0.25, 0.3) is 0 Å². The van der Waals surface area contributed by atoms with Crippen LogP contribution in [-0.2, 0) is 24.6 Å². The number of Topliss-reactive ketones (excluding diaryl/α,β-unsaturated/α-hetero) is 3. The van der Waals surface area contributed by atoms with Crippen molar-refractivity contribution in [3.63, 3.8) is 0 Å². The lowest BCUT2D eigenvalue weighted by Crippen LogP contribution is -2.56. The van der Waals surface area contributed by atoms with Gasteiger partial charge in [0.05, 0.1) is 11.5 Å². The van der Waals surface area contributed by atoms with Gasteiger partial charge in [-0.1, -0.05) is 45.9 Å². The summed E-state index contributed by atoms with van der Waals surface area (Å²) in [5.41, 5.74) is -2.00. The molecule has 0 aromatic heterocycles. The molecule has 1 unspecified atom stereocenters. The van der Waals surface area contributed by atoms with E-state index in [1.165, 1.54) is 0 Å². The number of fused-ring (bicyclic) bond motifs is 1. The van der Waals surface area contributed by atoms with E-state index in [2.05, 4.69) is 5.32 Å². The molecule has 1 fully saturated rings. The summed E-state index contributed by atoms with van der Waals surface area (Å²) in [7, 11) is 0. The Hall–Kier alpha value is -2.76. The first kappa shape index (κ1) is 20.5. The van der Waals surface area contributed by atoms with Crippen molar-refractivity contribution in [3.05, 3.63) is 41.2 Å². The molecule has 3 aliphatic rings. The van der Waals surface area contributed by atoms with Crippen molar-refractivity contribution in [1.82, 2.24) is 0 Å². The van der Waals surface area contributed by atoms with Crippen LogP contribution in [-0.4, -0.2) is 28.4 Å². The predicted molar refractivity (Wildman–Crippen MR) is 111 cm³/mol. The van der Waals surface area contributed by atoms with E-state index < -0.39 is 28.1 Å². The van der Waals surface area contributed by atoms with Gasteiger partial charge in [-0.05, 0) is 22.5 Å². The Kier molecular flexibility index (Phi) is 4.35. The second-order valence-corrected chi connectivity index (χ2v) is 10.5. The average molecular weight is 409 g/mol. The Morgan fingerprint density at radius 2 is 1.43 bits per heavy atom. The summed E-state index contributed by atoms with van der Waals surface area (Å²) in [6.07, 6.45) is 0.596.